The summed E-state index contributed by atoms with van der Waals surface area (Å²) in [5.41, 5.74) is 6.22. The van der Waals surface area contributed by atoms with Gasteiger partial charge in [-0.05, 0) is 61.8 Å². The second kappa shape index (κ2) is 5.58. The van der Waals surface area contributed by atoms with Gasteiger partial charge in [-0.3, -0.25) is 4.79 Å². The lowest BCUT2D eigenvalue weighted by Crippen LogP contribution is -2.33. The first-order chi connectivity index (χ1) is 10.7. The van der Waals surface area contributed by atoms with E-state index in [-0.39, 0.29) is 5.92 Å². The fourth-order valence-corrected chi connectivity index (χ4v) is 4.22. The summed E-state index contributed by atoms with van der Waals surface area (Å²) in [6.45, 7) is 0. The second-order valence-corrected chi connectivity index (χ2v) is 6.93. The highest BCUT2D eigenvalue weighted by molar-refractivity contribution is 6.30. The lowest BCUT2D eigenvalue weighted by molar-refractivity contribution is -0.116. The summed E-state index contributed by atoms with van der Waals surface area (Å²) in [4.78, 5) is 12.6. The third-order valence-electron chi connectivity index (χ3n) is 5.11. The Labute approximate surface area is 136 Å². The molecule has 4 rings (SSSR count). The summed E-state index contributed by atoms with van der Waals surface area (Å²) in [7, 11) is 0. The molecule has 0 radical (unpaired) electrons. The summed E-state index contributed by atoms with van der Waals surface area (Å²) in [5.74, 6) is 0.474. The summed E-state index contributed by atoms with van der Waals surface area (Å²) in [6.07, 6.45) is 7.34. The molecule has 1 aromatic carbocycles. The standard InChI is InChI=1S/C19H20ClNO/c20-13-10-8-12(9-11-13)18-14-4-1-2-5-15(14)21-16-6-3-7-17(22)19(16)18/h8-11,18,21H,1-7H2. The summed E-state index contributed by atoms with van der Waals surface area (Å²) in [5, 5.41) is 4.36. The molecule has 1 aliphatic heterocycles. The monoisotopic (exact) mass is 313 g/mol. The molecule has 0 amide bonds. The number of hydrogen-bond acceptors (Lipinski definition) is 2. The molecule has 0 aromatic heterocycles. The number of hydrogen-bond donors (Lipinski definition) is 1. The molecule has 1 unspecified atom stereocenters. The van der Waals surface area contributed by atoms with E-state index in [0.29, 0.717) is 12.2 Å². The number of ketones is 1. The quantitative estimate of drug-likeness (QED) is 0.802. The molecule has 22 heavy (non-hydrogen) atoms. The van der Waals surface area contributed by atoms with E-state index in [0.717, 1.165) is 36.3 Å². The van der Waals surface area contributed by atoms with Gasteiger partial charge < -0.3 is 5.32 Å². The minimum Gasteiger partial charge on any atom is -0.362 e. The summed E-state index contributed by atoms with van der Waals surface area (Å²) in [6, 6.07) is 8.05. The molecule has 3 heteroatoms. The number of halogens is 1. The predicted molar refractivity (Wildman–Crippen MR) is 88.7 cm³/mol. The molecule has 114 valence electrons. The van der Waals surface area contributed by atoms with E-state index in [2.05, 4.69) is 17.4 Å². The Morgan fingerprint density at radius 2 is 1.64 bits per heavy atom. The molecule has 1 heterocycles. The van der Waals surface area contributed by atoms with Crippen molar-refractivity contribution < 1.29 is 4.79 Å². The number of Topliss-reactive ketones (excluding diaryl/α,β-unsaturated/α-hetero) is 1. The van der Waals surface area contributed by atoms with Crippen LogP contribution in [0.15, 0.2) is 46.8 Å². The van der Waals surface area contributed by atoms with Gasteiger partial charge in [-0.15, -0.1) is 0 Å². The van der Waals surface area contributed by atoms with E-state index in [1.165, 1.54) is 35.4 Å². The maximum atomic E-state index is 12.6. The zero-order valence-corrected chi connectivity index (χ0v) is 13.4. The van der Waals surface area contributed by atoms with E-state index in [1.54, 1.807) is 0 Å². The fraction of sp³-hybridized carbons (Fsp3) is 0.421. The molecular weight excluding hydrogens is 294 g/mol. The Morgan fingerprint density at radius 3 is 2.45 bits per heavy atom. The minimum atomic E-state index is 0.150. The number of nitrogens with one attached hydrogen (secondary N) is 1. The Hall–Kier alpha value is -1.54. The van der Waals surface area contributed by atoms with Crippen molar-refractivity contribution in [2.45, 2.75) is 50.9 Å². The maximum absolute atomic E-state index is 12.6. The lowest BCUT2D eigenvalue weighted by atomic mass is 9.72. The average Bonchev–Trinajstić information content (AvgIpc) is 2.54. The van der Waals surface area contributed by atoms with Gasteiger partial charge in [0.05, 0.1) is 0 Å². The second-order valence-electron chi connectivity index (χ2n) is 6.49. The van der Waals surface area contributed by atoms with Gasteiger partial charge in [0.2, 0.25) is 0 Å². The number of dihydropyridines is 1. The van der Waals surface area contributed by atoms with Crippen LogP contribution in [0.4, 0.5) is 0 Å². The van der Waals surface area contributed by atoms with E-state index in [4.69, 9.17) is 11.6 Å². The van der Waals surface area contributed by atoms with E-state index < -0.39 is 0 Å². The SMILES string of the molecule is O=C1CCCC2=C1C(c1ccc(Cl)cc1)C1=C(CCCC1)N2. The molecule has 0 saturated carbocycles. The number of allylic oxidation sites excluding steroid dienone is 4. The third kappa shape index (κ3) is 2.30. The van der Waals surface area contributed by atoms with Crippen LogP contribution in [-0.2, 0) is 4.79 Å². The molecule has 0 bridgehead atoms. The van der Waals surface area contributed by atoms with Crippen molar-refractivity contribution in [3.8, 4) is 0 Å². The summed E-state index contributed by atoms with van der Waals surface area (Å²) >= 11 is 6.05. The number of benzene rings is 1. The molecule has 1 atom stereocenters. The predicted octanol–water partition coefficient (Wildman–Crippen LogP) is 4.86. The smallest absolute Gasteiger partial charge is 0.161 e. The van der Waals surface area contributed by atoms with Crippen molar-refractivity contribution in [1.82, 2.24) is 5.32 Å². The first-order valence-electron chi connectivity index (χ1n) is 8.24. The molecule has 1 N–H and O–H groups in total. The van der Waals surface area contributed by atoms with Crippen molar-refractivity contribution in [1.29, 1.82) is 0 Å². The highest BCUT2D eigenvalue weighted by Crippen LogP contribution is 2.46. The van der Waals surface area contributed by atoms with Crippen molar-refractivity contribution in [2.75, 3.05) is 0 Å². The largest absolute Gasteiger partial charge is 0.362 e. The first kappa shape index (κ1) is 14.1. The minimum absolute atomic E-state index is 0.150. The van der Waals surface area contributed by atoms with Gasteiger partial charge in [0.25, 0.3) is 0 Å². The Bertz CT molecular complexity index is 684. The third-order valence-corrected chi connectivity index (χ3v) is 5.36. The van der Waals surface area contributed by atoms with Crippen molar-refractivity contribution in [3.63, 3.8) is 0 Å². The Balaban J connectivity index is 1.85. The first-order valence-corrected chi connectivity index (χ1v) is 8.62. The van der Waals surface area contributed by atoms with Crippen LogP contribution in [0, 0.1) is 0 Å². The van der Waals surface area contributed by atoms with Gasteiger partial charge in [0, 0.05) is 34.3 Å². The highest BCUT2D eigenvalue weighted by atomic mass is 35.5. The molecule has 1 aromatic rings. The maximum Gasteiger partial charge on any atom is 0.161 e. The zero-order valence-electron chi connectivity index (χ0n) is 12.6. The van der Waals surface area contributed by atoms with Gasteiger partial charge in [0.1, 0.15) is 0 Å². The number of carbonyl (C=O) groups excluding carboxylic acids is 1. The fourth-order valence-electron chi connectivity index (χ4n) is 4.10. The normalized spacial score (nSPS) is 24.8. The number of carbonyl (C=O) groups is 1. The van der Waals surface area contributed by atoms with Gasteiger partial charge in [-0.2, -0.15) is 0 Å². The molecular formula is C19H20ClNO. The Kier molecular flexibility index (Phi) is 3.57. The Morgan fingerprint density at radius 1 is 0.909 bits per heavy atom. The topological polar surface area (TPSA) is 29.1 Å². The molecule has 2 nitrogen and oxygen atoms in total. The molecule has 2 aliphatic carbocycles. The van der Waals surface area contributed by atoms with Crippen LogP contribution in [0.2, 0.25) is 5.02 Å². The molecule has 0 spiro atoms. The molecule has 0 saturated heterocycles. The van der Waals surface area contributed by atoms with Gasteiger partial charge >= 0.3 is 0 Å². The van der Waals surface area contributed by atoms with Crippen molar-refractivity contribution in [2.24, 2.45) is 0 Å². The van der Waals surface area contributed by atoms with Crippen LogP contribution in [-0.4, -0.2) is 5.78 Å². The van der Waals surface area contributed by atoms with Crippen LogP contribution in [0.3, 0.4) is 0 Å². The summed E-state index contributed by atoms with van der Waals surface area (Å²) < 4.78 is 0. The number of rotatable bonds is 1. The average molecular weight is 314 g/mol. The molecule has 0 fully saturated rings. The van der Waals surface area contributed by atoms with Gasteiger partial charge in [0.15, 0.2) is 5.78 Å². The zero-order chi connectivity index (χ0) is 15.1. The van der Waals surface area contributed by atoms with E-state index in [9.17, 15) is 4.79 Å². The van der Waals surface area contributed by atoms with Gasteiger partial charge in [-0.25, -0.2) is 0 Å². The van der Waals surface area contributed by atoms with Crippen LogP contribution in [0.5, 0.6) is 0 Å². The lowest BCUT2D eigenvalue weighted by Gasteiger charge is -2.38. The van der Waals surface area contributed by atoms with Crippen molar-refractivity contribution in [3.05, 3.63) is 57.4 Å². The van der Waals surface area contributed by atoms with Crippen molar-refractivity contribution >= 4 is 17.4 Å². The molecule has 3 aliphatic rings. The van der Waals surface area contributed by atoms with Crippen LogP contribution in [0.25, 0.3) is 0 Å². The van der Waals surface area contributed by atoms with E-state index >= 15 is 0 Å². The highest BCUT2D eigenvalue weighted by Gasteiger charge is 2.36. The van der Waals surface area contributed by atoms with Crippen LogP contribution in [0.1, 0.15) is 56.4 Å². The van der Waals surface area contributed by atoms with E-state index in [1.807, 2.05) is 12.1 Å². The van der Waals surface area contributed by atoms with Gasteiger partial charge in [-0.1, -0.05) is 23.7 Å². The van der Waals surface area contributed by atoms with Crippen LogP contribution < -0.4 is 5.32 Å². The van der Waals surface area contributed by atoms with Crippen LogP contribution >= 0.6 is 11.6 Å².